The first-order chi connectivity index (χ1) is 9.39. The molecule has 0 saturated heterocycles. The Morgan fingerprint density at radius 3 is 2.85 bits per heavy atom. The number of hydrogen-bond acceptors (Lipinski definition) is 5. The third kappa shape index (κ3) is 2.62. The summed E-state index contributed by atoms with van der Waals surface area (Å²) in [7, 11) is 1.76. The van der Waals surface area contributed by atoms with E-state index in [2.05, 4.69) is 15.5 Å². The number of hydrogen-bond donors (Lipinski definition) is 3. The summed E-state index contributed by atoms with van der Waals surface area (Å²) in [6.07, 6.45) is 2.24. The van der Waals surface area contributed by atoms with Crippen LogP contribution in [0.2, 0.25) is 0 Å². The van der Waals surface area contributed by atoms with Gasteiger partial charge in [0.25, 0.3) is 0 Å². The molecule has 8 heteroatoms. The summed E-state index contributed by atoms with van der Waals surface area (Å²) < 4.78 is 1.63. The van der Waals surface area contributed by atoms with Crippen LogP contribution in [0.25, 0.3) is 0 Å². The van der Waals surface area contributed by atoms with Crippen molar-refractivity contribution >= 4 is 17.7 Å². The minimum absolute atomic E-state index is 0.0513. The standard InChI is InChI=1S/C12H21N5O2S/c1-7(2)17-10(19)15-16-11(17)20-8-4-5-12(6-8,14-3)9(13)18/h7-8,14H,4-6H2,1-3H3,(H2,13,18)(H,15,19). The summed E-state index contributed by atoms with van der Waals surface area (Å²) in [4.78, 5) is 23.3. The molecule has 20 heavy (non-hydrogen) atoms. The summed E-state index contributed by atoms with van der Waals surface area (Å²) in [6, 6.07) is 0.0513. The normalized spacial score (nSPS) is 26.3. The third-order valence-electron chi connectivity index (χ3n) is 3.88. The number of amides is 1. The van der Waals surface area contributed by atoms with Crippen molar-refractivity contribution < 1.29 is 4.79 Å². The van der Waals surface area contributed by atoms with Crippen molar-refractivity contribution in [2.24, 2.45) is 5.73 Å². The van der Waals surface area contributed by atoms with E-state index in [-0.39, 0.29) is 22.9 Å². The number of primary amides is 1. The Hall–Kier alpha value is -1.28. The van der Waals surface area contributed by atoms with Gasteiger partial charge in [0.15, 0.2) is 5.16 Å². The molecule has 1 saturated carbocycles. The Balaban J connectivity index is 2.14. The predicted octanol–water partition coefficient (Wildman–Crippen LogP) is 0.240. The highest BCUT2D eigenvalue weighted by Gasteiger charge is 2.43. The van der Waals surface area contributed by atoms with Gasteiger partial charge in [0, 0.05) is 11.3 Å². The minimum Gasteiger partial charge on any atom is -0.368 e. The lowest BCUT2D eigenvalue weighted by Gasteiger charge is -2.24. The van der Waals surface area contributed by atoms with E-state index in [0.29, 0.717) is 18.0 Å². The lowest BCUT2D eigenvalue weighted by atomic mass is 9.97. The fourth-order valence-electron chi connectivity index (χ4n) is 2.65. The van der Waals surface area contributed by atoms with Gasteiger partial charge in [-0.15, -0.1) is 5.10 Å². The van der Waals surface area contributed by atoms with Crippen molar-refractivity contribution in [3.63, 3.8) is 0 Å². The molecule has 2 atom stereocenters. The first-order valence-corrected chi connectivity index (χ1v) is 7.60. The zero-order valence-electron chi connectivity index (χ0n) is 12.0. The monoisotopic (exact) mass is 299 g/mol. The number of aromatic amines is 1. The third-order valence-corrected chi connectivity index (χ3v) is 5.11. The van der Waals surface area contributed by atoms with Crippen molar-refractivity contribution in [2.75, 3.05) is 7.05 Å². The first-order valence-electron chi connectivity index (χ1n) is 6.72. The SMILES string of the molecule is CNC1(C(N)=O)CCC(Sc2n[nH]c(=O)n2C(C)C)C1. The van der Waals surface area contributed by atoms with E-state index in [1.807, 2.05) is 13.8 Å². The van der Waals surface area contributed by atoms with E-state index in [1.54, 1.807) is 11.6 Å². The summed E-state index contributed by atoms with van der Waals surface area (Å²) in [5, 5.41) is 10.5. The molecular weight excluding hydrogens is 278 g/mol. The Morgan fingerprint density at radius 2 is 2.35 bits per heavy atom. The Morgan fingerprint density at radius 1 is 1.65 bits per heavy atom. The van der Waals surface area contributed by atoms with Crippen LogP contribution in [-0.2, 0) is 4.79 Å². The molecular formula is C12H21N5O2S. The quantitative estimate of drug-likeness (QED) is 0.722. The molecule has 2 unspecified atom stereocenters. The molecule has 0 bridgehead atoms. The number of carbonyl (C=O) groups is 1. The van der Waals surface area contributed by atoms with Crippen molar-refractivity contribution in [3.05, 3.63) is 10.5 Å². The molecule has 2 rings (SSSR count). The van der Waals surface area contributed by atoms with Crippen LogP contribution >= 0.6 is 11.8 Å². The first kappa shape index (κ1) is 15.1. The zero-order chi connectivity index (χ0) is 14.9. The van der Waals surface area contributed by atoms with Gasteiger partial charge >= 0.3 is 5.69 Å². The van der Waals surface area contributed by atoms with Crippen LogP contribution in [0.4, 0.5) is 0 Å². The van der Waals surface area contributed by atoms with E-state index < -0.39 is 5.54 Å². The van der Waals surface area contributed by atoms with E-state index in [9.17, 15) is 9.59 Å². The smallest absolute Gasteiger partial charge is 0.344 e. The van der Waals surface area contributed by atoms with Crippen LogP contribution in [0, 0.1) is 0 Å². The molecule has 1 aliphatic rings. The number of thioether (sulfide) groups is 1. The van der Waals surface area contributed by atoms with Gasteiger partial charge in [-0.25, -0.2) is 9.89 Å². The number of aromatic nitrogens is 3. The second-order valence-electron chi connectivity index (χ2n) is 5.45. The van der Waals surface area contributed by atoms with E-state index >= 15 is 0 Å². The molecule has 1 aromatic rings. The molecule has 0 aromatic carbocycles. The molecule has 1 fully saturated rings. The summed E-state index contributed by atoms with van der Waals surface area (Å²) in [5.41, 5.74) is 4.67. The predicted molar refractivity (Wildman–Crippen MR) is 77.7 cm³/mol. The number of rotatable bonds is 5. The van der Waals surface area contributed by atoms with Gasteiger partial charge < -0.3 is 11.1 Å². The molecule has 4 N–H and O–H groups in total. The zero-order valence-corrected chi connectivity index (χ0v) is 12.8. The largest absolute Gasteiger partial charge is 0.368 e. The highest BCUT2D eigenvalue weighted by Crippen LogP contribution is 2.39. The topological polar surface area (TPSA) is 106 Å². The second-order valence-corrected chi connectivity index (χ2v) is 6.72. The molecule has 1 aliphatic carbocycles. The van der Waals surface area contributed by atoms with Crippen molar-refractivity contribution in [3.8, 4) is 0 Å². The Kier molecular flexibility index (Phi) is 4.24. The minimum atomic E-state index is -0.628. The van der Waals surface area contributed by atoms with Crippen LogP contribution in [-0.4, -0.2) is 38.5 Å². The van der Waals surface area contributed by atoms with Gasteiger partial charge in [0.05, 0.1) is 5.54 Å². The number of H-pyrrole nitrogens is 1. The van der Waals surface area contributed by atoms with Crippen molar-refractivity contribution in [1.29, 1.82) is 0 Å². The van der Waals surface area contributed by atoms with Crippen molar-refractivity contribution in [2.45, 2.75) is 55.1 Å². The molecule has 112 valence electrons. The molecule has 7 nitrogen and oxygen atoms in total. The lowest BCUT2D eigenvalue weighted by molar-refractivity contribution is -0.124. The fraction of sp³-hybridized carbons (Fsp3) is 0.750. The summed E-state index contributed by atoms with van der Waals surface area (Å²) in [5.74, 6) is -0.314. The van der Waals surface area contributed by atoms with Gasteiger partial charge in [-0.1, -0.05) is 11.8 Å². The highest BCUT2D eigenvalue weighted by molar-refractivity contribution is 7.99. The number of nitrogens with zero attached hydrogens (tertiary/aromatic N) is 2. The van der Waals surface area contributed by atoms with E-state index in [4.69, 9.17) is 5.73 Å². The Labute approximate surface area is 121 Å². The fourth-order valence-corrected chi connectivity index (χ4v) is 4.06. The molecule has 0 radical (unpaired) electrons. The Bertz CT molecular complexity index is 552. The summed E-state index contributed by atoms with van der Waals surface area (Å²) >= 11 is 1.53. The molecule has 0 spiro atoms. The molecule has 1 heterocycles. The lowest BCUT2D eigenvalue weighted by Crippen LogP contribution is -2.52. The molecule has 1 amide bonds. The van der Waals surface area contributed by atoms with Crippen LogP contribution in [0.15, 0.2) is 9.95 Å². The maximum Gasteiger partial charge on any atom is 0.344 e. The number of likely N-dealkylation sites (N-methyl/N-ethyl adjacent to an activating group) is 1. The van der Waals surface area contributed by atoms with Crippen LogP contribution in [0.1, 0.15) is 39.2 Å². The maximum atomic E-state index is 11.7. The van der Waals surface area contributed by atoms with Crippen LogP contribution in [0.3, 0.4) is 0 Å². The number of nitrogens with one attached hydrogen (secondary N) is 2. The average molecular weight is 299 g/mol. The van der Waals surface area contributed by atoms with Crippen molar-refractivity contribution in [1.82, 2.24) is 20.1 Å². The second kappa shape index (κ2) is 5.61. The van der Waals surface area contributed by atoms with Gasteiger partial charge in [-0.3, -0.25) is 9.36 Å². The van der Waals surface area contributed by atoms with E-state index in [1.165, 1.54) is 11.8 Å². The molecule has 1 aromatic heterocycles. The van der Waals surface area contributed by atoms with E-state index in [0.717, 1.165) is 6.42 Å². The number of carbonyl (C=O) groups excluding carboxylic acids is 1. The average Bonchev–Trinajstić information content (AvgIpc) is 2.95. The molecule has 0 aliphatic heterocycles. The van der Waals surface area contributed by atoms with Gasteiger partial charge in [0.1, 0.15) is 0 Å². The van der Waals surface area contributed by atoms with Crippen LogP contribution in [0.5, 0.6) is 0 Å². The van der Waals surface area contributed by atoms with Gasteiger partial charge in [0.2, 0.25) is 5.91 Å². The van der Waals surface area contributed by atoms with Gasteiger partial charge in [-0.2, -0.15) is 0 Å². The summed E-state index contributed by atoms with van der Waals surface area (Å²) in [6.45, 7) is 3.88. The van der Waals surface area contributed by atoms with Gasteiger partial charge in [-0.05, 0) is 40.2 Å². The number of nitrogens with two attached hydrogens (primary N) is 1. The maximum absolute atomic E-state index is 11.7. The van der Waals surface area contributed by atoms with Crippen LogP contribution < -0.4 is 16.7 Å². The highest BCUT2D eigenvalue weighted by atomic mass is 32.2.